The molecule has 1 rings (SSSR count). The molecule has 118 valence electrons. The lowest BCUT2D eigenvalue weighted by molar-refractivity contribution is -0.139. The number of nitrogens with zero attached hydrogens (tertiary/aromatic N) is 2. The summed E-state index contributed by atoms with van der Waals surface area (Å²) in [5, 5.41) is 20.9. The van der Waals surface area contributed by atoms with E-state index in [0.29, 0.717) is 25.9 Å². The van der Waals surface area contributed by atoms with Gasteiger partial charge >= 0.3 is 12.0 Å². The Hall–Kier alpha value is -1.77. The van der Waals surface area contributed by atoms with Crippen LogP contribution in [0.1, 0.15) is 52.4 Å². The number of carbonyl (C=O) groups excluding carboxylic acids is 1. The van der Waals surface area contributed by atoms with Crippen molar-refractivity contribution in [3.8, 4) is 6.07 Å². The van der Waals surface area contributed by atoms with Crippen LogP contribution in [0.2, 0.25) is 0 Å². The lowest BCUT2D eigenvalue weighted by Gasteiger charge is -2.38. The summed E-state index contributed by atoms with van der Waals surface area (Å²) < 4.78 is 0. The summed E-state index contributed by atoms with van der Waals surface area (Å²) in [4.78, 5) is 25.1. The molecule has 1 fully saturated rings. The number of hydrogen-bond donors (Lipinski definition) is 2. The molecule has 2 N–H and O–H groups in total. The largest absolute Gasteiger partial charge is 0.481 e. The Balaban J connectivity index is 2.74. The van der Waals surface area contributed by atoms with Gasteiger partial charge in [0, 0.05) is 13.1 Å². The predicted octanol–water partition coefficient (Wildman–Crippen LogP) is 2.36. The van der Waals surface area contributed by atoms with E-state index < -0.39 is 11.5 Å². The molecule has 0 heterocycles. The first-order valence-electron chi connectivity index (χ1n) is 7.61. The Morgan fingerprint density at radius 3 is 2.48 bits per heavy atom. The first-order valence-corrected chi connectivity index (χ1v) is 7.61. The molecule has 1 aliphatic carbocycles. The summed E-state index contributed by atoms with van der Waals surface area (Å²) in [7, 11) is 0. The van der Waals surface area contributed by atoms with Crippen molar-refractivity contribution in [1.82, 2.24) is 10.2 Å². The number of rotatable bonds is 6. The third kappa shape index (κ3) is 5.25. The van der Waals surface area contributed by atoms with E-state index >= 15 is 0 Å². The number of carbonyl (C=O) groups is 2. The lowest BCUT2D eigenvalue weighted by atomic mass is 9.79. The van der Waals surface area contributed by atoms with Crippen LogP contribution in [0.3, 0.4) is 0 Å². The van der Waals surface area contributed by atoms with Crippen molar-refractivity contribution in [2.75, 3.05) is 13.1 Å². The topological polar surface area (TPSA) is 93.4 Å². The zero-order chi connectivity index (χ0) is 15.9. The third-order valence-electron chi connectivity index (χ3n) is 4.06. The molecule has 0 aliphatic heterocycles. The van der Waals surface area contributed by atoms with Crippen LogP contribution in [0.5, 0.6) is 0 Å². The minimum absolute atomic E-state index is 0.0376. The van der Waals surface area contributed by atoms with Crippen molar-refractivity contribution >= 4 is 12.0 Å². The zero-order valence-electron chi connectivity index (χ0n) is 12.9. The Morgan fingerprint density at radius 2 is 2.00 bits per heavy atom. The number of nitrogens with one attached hydrogen (secondary N) is 1. The van der Waals surface area contributed by atoms with E-state index in [2.05, 4.69) is 11.4 Å². The van der Waals surface area contributed by atoms with Crippen LogP contribution in [0.15, 0.2) is 0 Å². The molecule has 1 atom stereocenters. The molecule has 0 spiro atoms. The summed E-state index contributed by atoms with van der Waals surface area (Å²) >= 11 is 0. The van der Waals surface area contributed by atoms with Crippen molar-refractivity contribution in [1.29, 1.82) is 5.26 Å². The molecule has 0 aromatic rings. The van der Waals surface area contributed by atoms with Gasteiger partial charge in [-0.15, -0.1) is 0 Å². The van der Waals surface area contributed by atoms with Crippen molar-refractivity contribution in [3.63, 3.8) is 0 Å². The highest BCUT2D eigenvalue weighted by atomic mass is 16.4. The highest BCUT2D eigenvalue weighted by molar-refractivity contribution is 5.77. The fourth-order valence-electron chi connectivity index (χ4n) is 2.90. The molecule has 1 aliphatic rings. The van der Waals surface area contributed by atoms with Crippen LogP contribution in [0.25, 0.3) is 0 Å². The van der Waals surface area contributed by atoms with Gasteiger partial charge in [0.25, 0.3) is 0 Å². The van der Waals surface area contributed by atoms with Crippen LogP contribution in [-0.4, -0.2) is 40.6 Å². The van der Waals surface area contributed by atoms with Gasteiger partial charge in [0.15, 0.2) is 0 Å². The minimum atomic E-state index is -0.884. The molecule has 0 radical (unpaired) electrons. The molecule has 0 aromatic heterocycles. The molecule has 6 nitrogen and oxygen atoms in total. The monoisotopic (exact) mass is 295 g/mol. The molecule has 21 heavy (non-hydrogen) atoms. The summed E-state index contributed by atoms with van der Waals surface area (Å²) in [5.41, 5.74) is -0.634. The molecule has 2 amide bonds. The SMILES string of the molecule is CCN(CC(C)C#N)C(=O)NC1(CC(=O)O)CCCCC1. The van der Waals surface area contributed by atoms with Gasteiger partial charge in [0.05, 0.1) is 23.9 Å². The summed E-state index contributed by atoms with van der Waals surface area (Å²) in [6.07, 6.45) is 4.33. The van der Waals surface area contributed by atoms with Gasteiger partial charge in [0.1, 0.15) is 0 Å². The highest BCUT2D eigenvalue weighted by Crippen LogP contribution is 2.31. The van der Waals surface area contributed by atoms with Gasteiger partial charge in [0.2, 0.25) is 0 Å². The van der Waals surface area contributed by atoms with Crippen LogP contribution in [0.4, 0.5) is 4.79 Å². The number of aliphatic carboxylic acids is 1. The van der Waals surface area contributed by atoms with Gasteiger partial charge in [-0.1, -0.05) is 19.3 Å². The van der Waals surface area contributed by atoms with E-state index in [1.807, 2.05) is 6.92 Å². The Bertz CT molecular complexity index is 411. The summed E-state index contributed by atoms with van der Waals surface area (Å²) in [5.74, 6) is -1.12. The molecule has 1 saturated carbocycles. The van der Waals surface area contributed by atoms with E-state index in [4.69, 9.17) is 10.4 Å². The van der Waals surface area contributed by atoms with Gasteiger partial charge in [-0.05, 0) is 26.7 Å². The normalized spacial score (nSPS) is 18.3. The van der Waals surface area contributed by atoms with Gasteiger partial charge in [-0.3, -0.25) is 4.79 Å². The summed E-state index contributed by atoms with van der Waals surface area (Å²) in [6.45, 7) is 4.49. The van der Waals surface area contributed by atoms with E-state index in [1.165, 1.54) is 0 Å². The first-order chi connectivity index (χ1) is 9.92. The zero-order valence-corrected chi connectivity index (χ0v) is 12.9. The lowest BCUT2D eigenvalue weighted by Crippen LogP contribution is -2.55. The average Bonchev–Trinajstić information content (AvgIpc) is 2.44. The van der Waals surface area contributed by atoms with E-state index in [0.717, 1.165) is 19.3 Å². The number of urea groups is 1. The van der Waals surface area contributed by atoms with Crippen LogP contribution in [-0.2, 0) is 4.79 Å². The Kier molecular flexibility index (Phi) is 6.47. The number of carboxylic acid groups (broad SMARTS) is 1. The smallest absolute Gasteiger partial charge is 0.317 e. The molecule has 1 unspecified atom stereocenters. The maximum Gasteiger partial charge on any atom is 0.317 e. The molecule has 0 bridgehead atoms. The van der Waals surface area contributed by atoms with E-state index in [-0.39, 0.29) is 18.4 Å². The predicted molar refractivity (Wildman–Crippen MR) is 78.6 cm³/mol. The van der Waals surface area contributed by atoms with Crippen LogP contribution < -0.4 is 5.32 Å². The van der Waals surface area contributed by atoms with Crippen LogP contribution >= 0.6 is 0 Å². The standard InChI is InChI=1S/C15H25N3O3/c1-3-18(11-12(2)10-16)14(21)17-15(9-13(19)20)7-5-4-6-8-15/h12H,3-9,11H2,1-2H3,(H,17,21)(H,19,20). The van der Waals surface area contributed by atoms with Gasteiger partial charge in [-0.25, -0.2) is 4.79 Å². The first kappa shape index (κ1) is 17.3. The van der Waals surface area contributed by atoms with Crippen molar-refractivity contribution < 1.29 is 14.7 Å². The molecule has 0 aromatic carbocycles. The van der Waals surface area contributed by atoms with E-state index in [1.54, 1.807) is 11.8 Å². The summed E-state index contributed by atoms with van der Waals surface area (Å²) in [6, 6.07) is 1.85. The number of hydrogen-bond acceptors (Lipinski definition) is 3. The van der Waals surface area contributed by atoms with Crippen molar-refractivity contribution in [2.45, 2.75) is 57.9 Å². The molecule has 6 heteroatoms. The Morgan fingerprint density at radius 1 is 1.38 bits per heavy atom. The highest BCUT2D eigenvalue weighted by Gasteiger charge is 2.36. The molecule has 0 saturated heterocycles. The van der Waals surface area contributed by atoms with Crippen molar-refractivity contribution in [3.05, 3.63) is 0 Å². The molecular weight excluding hydrogens is 270 g/mol. The average molecular weight is 295 g/mol. The number of carboxylic acids is 1. The van der Waals surface area contributed by atoms with Crippen molar-refractivity contribution in [2.24, 2.45) is 5.92 Å². The van der Waals surface area contributed by atoms with E-state index in [9.17, 15) is 9.59 Å². The maximum absolute atomic E-state index is 12.4. The van der Waals surface area contributed by atoms with Gasteiger partial charge < -0.3 is 15.3 Å². The second-order valence-electron chi connectivity index (χ2n) is 5.91. The Labute approximate surface area is 126 Å². The fraction of sp³-hybridized carbons (Fsp3) is 0.800. The second kappa shape index (κ2) is 7.87. The minimum Gasteiger partial charge on any atom is -0.481 e. The fourth-order valence-corrected chi connectivity index (χ4v) is 2.90. The number of amides is 2. The molecular formula is C15H25N3O3. The quantitative estimate of drug-likeness (QED) is 0.786. The second-order valence-corrected chi connectivity index (χ2v) is 5.91. The van der Waals surface area contributed by atoms with Crippen LogP contribution in [0, 0.1) is 17.2 Å². The number of nitriles is 1. The van der Waals surface area contributed by atoms with Gasteiger partial charge in [-0.2, -0.15) is 5.26 Å². The maximum atomic E-state index is 12.4. The third-order valence-corrected chi connectivity index (χ3v) is 4.06.